The van der Waals surface area contributed by atoms with Crippen LogP contribution in [0, 0.1) is 6.92 Å². The van der Waals surface area contributed by atoms with Crippen molar-refractivity contribution in [1.29, 1.82) is 0 Å². The van der Waals surface area contributed by atoms with Crippen LogP contribution in [0.3, 0.4) is 0 Å². The van der Waals surface area contributed by atoms with Gasteiger partial charge in [0.25, 0.3) is 0 Å². The summed E-state index contributed by atoms with van der Waals surface area (Å²) in [4.78, 5) is 0. The van der Waals surface area contributed by atoms with Gasteiger partial charge in [-0.05, 0) is 61.3 Å². The van der Waals surface area contributed by atoms with E-state index in [1.807, 2.05) is 6.08 Å². The van der Waals surface area contributed by atoms with E-state index in [0.29, 0.717) is 0 Å². The third kappa shape index (κ3) is 2.11. The monoisotopic (exact) mass is 212 g/mol. The largest absolute Gasteiger partial charge is 0.103 e. The van der Waals surface area contributed by atoms with Crippen molar-refractivity contribution < 1.29 is 0 Å². The van der Waals surface area contributed by atoms with Gasteiger partial charge in [-0.2, -0.15) is 0 Å². The minimum absolute atomic E-state index is 0.808. The van der Waals surface area contributed by atoms with E-state index in [9.17, 15) is 0 Å². The molecule has 84 valence electrons. The van der Waals surface area contributed by atoms with E-state index in [-0.39, 0.29) is 0 Å². The molecule has 16 heavy (non-hydrogen) atoms. The van der Waals surface area contributed by atoms with Gasteiger partial charge in [0.05, 0.1) is 0 Å². The van der Waals surface area contributed by atoms with Gasteiger partial charge < -0.3 is 0 Å². The molecule has 1 aliphatic carbocycles. The zero-order valence-electron chi connectivity index (χ0n) is 10.3. The summed E-state index contributed by atoms with van der Waals surface area (Å²) in [7, 11) is 0. The lowest BCUT2D eigenvalue weighted by Crippen LogP contribution is -1.96. The first kappa shape index (κ1) is 11.2. The summed E-state index contributed by atoms with van der Waals surface area (Å²) >= 11 is 0. The van der Waals surface area contributed by atoms with Crippen molar-refractivity contribution in [2.24, 2.45) is 0 Å². The third-order valence-electron chi connectivity index (χ3n) is 3.41. The maximum atomic E-state index is 4.08. The molecule has 0 aromatic heterocycles. The van der Waals surface area contributed by atoms with E-state index >= 15 is 0 Å². The molecule has 0 heterocycles. The van der Waals surface area contributed by atoms with Crippen molar-refractivity contribution in [2.45, 2.75) is 39.0 Å². The Kier molecular flexibility index (Phi) is 3.00. The Morgan fingerprint density at radius 3 is 2.62 bits per heavy atom. The van der Waals surface area contributed by atoms with E-state index in [0.717, 1.165) is 12.3 Å². The van der Waals surface area contributed by atoms with E-state index in [1.54, 1.807) is 0 Å². The number of benzene rings is 1. The average molecular weight is 212 g/mol. The van der Waals surface area contributed by atoms with Gasteiger partial charge in [-0.3, -0.25) is 0 Å². The second-order valence-electron chi connectivity index (χ2n) is 4.90. The Balaban J connectivity index is 2.50. The fourth-order valence-corrected chi connectivity index (χ4v) is 2.26. The molecule has 0 aliphatic heterocycles. The fraction of sp³-hybridized carbons (Fsp3) is 0.375. The molecule has 2 rings (SSSR count). The van der Waals surface area contributed by atoms with Crippen molar-refractivity contribution in [1.82, 2.24) is 0 Å². The van der Waals surface area contributed by atoms with E-state index in [1.165, 1.54) is 40.7 Å². The predicted molar refractivity (Wildman–Crippen MR) is 71.8 cm³/mol. The second-order valence-corrected chi connectivity index (χ2v) is 4.90. The topological polar surface area (TPSA) is 0 Å². The van der Waals surface area contributed by atoms with Crippen molar-refractivity contribution >= 4 is 5.57 Å². The summed E-state index contributed by atoms with van der Waals surface area (Å²) in [5.41, 5.74) is 6.79. The first-order chi connectivity index (χ1) is 7.63. The summed E-state index contributed by atoms with van der Waals surface area (Å²) < 4.78 is 0. The molecule has 0 nitrogen and oxygen atoms in total. The maximum absolute atomic E-state index is 4.08. The van der Waals surface area contributed by atoms with Crippen molar-refractivity contribution in [3.8, 4) is 0 Å². The molecule has 0 atom stereocenters. The standard InChI is InChI=1S/C16H20/c1-5-6-14-9-15(13-7-8-13)10-16(11(2)3)12(14)4/h5,9-10,13H,1-2,6-8H2,3-4H3. The normalized spacial score (nSPS) is 14.9. The SMILES string of the molecule is C=CCc1cc(C2CC2)cc(C(=C)C)c1C. The first-order valence-corrected chi connectivity index (χ1v) is 6.03. The van der Waals surface area contributed by atoms with Crippen molar-refractivity contribution in [3.63, 3.8) is 0 Å². The van der Waals surface area contributed by atoms with Crippen LogP contribution in [0.25, 0.3) is 5.57 Å². The first-order valence-electron chi connectivity index (χ1n) is 6.03. The highest BCUT2D eigenvalue weighted by atomic mass is 14.3. The van der Waals surface area contributed by atoms with Crippen LogP contribution in [0.5, 0.6) is 0 Å². The Morgan fingerprint density at radius 2 is 2.12 bits per heavy atom. The number of rotatable bonds is 4. The molecule has 1 fully saturated rings. The molecular weight excluding hydrogens is 192 g/mol. The van der Waals surface area contributed by atoms with Crippen molar-refractivity contribution in [3.05, 3.63) is 53.6 Å². The van der Waals surface area contributed by atoms with Crippen LogP contribution in [0.4, 0.5) is 0 Å². The van der Waals surface area contributed by atoms with Crippen LogP contribution in [0.15, 0.2) is 31.4 Å². The lowest BCUT2D eigenvalue weighted by Gasteiger charge is -2.13. The van der Waals surface area contributed by atoms with Crippen molar-refractivity contribution in [2.75, 3.05) is 0 Å². The number of hydrogen-bond acceptors (Lipinski definition) is 0. The fourth-order valence-electron chi connectivity index (χ4n) is 2.26. The third-order valence-corrected chi connectivity index (χ3v) is 3.41. The molecule has 0 radical (unpaired) electrons. The van der Waals surface area contributed by atoms with E-state index in [2.05, 4.69) is 39.1 Å². The molecule has 1 aromatic carbocycles. The Labute approximate surface area is 98.7 Å². The number of hydrogen-bond donors (Lipinski definition) is 0. The second kappa shape index (κ2) is 4.29. The van der Waals surface area contributed by atoms with Gasteiger partial charge in [-0.15, -0.1) is 6.58 Å². The Bertz CT molecular complexity index is 434. The lowest BCUT2D eigenvalue weighted by molar-refractivity contribution is 1.09. The smallest absolute Gasteiger partial charge is 0.00972 e. The summed E-state index contributed by atoms with van der Waals surface area (Å²) in [5.74, 6) is 0.808. The summed E-state index contributed by atoms with van der Waals surface area (Å²) in [5, 5.41) is 0. The highest BCUT2D eigenvalue weighted by Crippen LogP contribution is 2.42. The van der Waals surface area contributed by atoms with Crippen LogP contribution >= 0.6 is 0 Å². The molecule has 0 unspecified atom stereocenters. The van der Waals surface area contributed by atoms with Gasteiger partial charge in [0.1, 0.15) is 0 Å². The number of allylic oxidation sites excluding steroid dienone is 2. The van der Waals surface area contributed by atoms with E-state index < -0.39 is 0 Å². The molecule has 1 aliphatic rings. The molecule has 0 spiro atoms. The Morgan fingerprint density at radius 1 is 1.44 bits per heavy atom. The van der Waals surface area contributed by atoms with Crippen LogP contribution in [-0.2, 0) is 6.42 Å². The van der Waals surface area contributed by atoms with Crippen LogP contribution in [-0.4, -0.2) is 0 Å². The Hall–Kier alpha value is -1.30. The van der Waals surface area contributed by atoms with E-state index in [4.69, 9.17) is 0 Å². The van der Waals surface area contributed by atoms with Crippen LogP contribution < -0.4 is 0 Å². The maximum Gasteiger partial charge on any atom is -0.00972 e. The lowest BCUT2D eigenvalue weighted by atomic mass is 9.92. The molecule has 1 aromatic rings. The van der Waals surface area contributed by atoms with Gasteiger partial charge in [-0.1, -0.05) is 30.4 Å². The average Bonchev–Trinajstić information content (AvgIpc) is 3.04. The van der Waals surface area contributed by atoms with Crippen LogP contribution in [0.2, 0.25) is 0 Å². The minimum atomic E-state index is 0.808. The zero-order valence-corrected chi connectivity index (χ0v) is 10.3. The molecule has 0 N–H and O–H groups in total. The minimum Gasteiger partial charge on any atom is -0.103 e. The van der Waals surface area contributed by atoms with Gasteiger partial charge >= 0.3 is 0 Å². The molecule has 0 bridgehead atoms. The summed E-state index contributed by atoms with van der Waals surface area (Å²) in [6.07, 6.45) is 5.66. The molecule has 0 amide bonds. The van der Waals surface area contributed by atoms with Crippen LogP contribution in [0.1, 0.15) is 47.9 Å². The quantitative estimate of drug-likeness (QED) is 0.638. The molecule has 0 saturated heterocycles. The highest BCUT2D eigenvalue weighted by molar-refractivity contribution is 5.67. The predicted octanol–water partition coefficient (Wildman–Crippen LogP) is 4.63. The summed E-state index contributed by atoms with van der Waals surface area (Å²) in [6, 6.07) is 4.70. The zero-order chi connectivity index (χ0) is 11.7. The van der Waals surface area contributed by atoms with Gasteiger partial charge in [0, 0.05) is 0 Å². The van der Waals surface area contributed by atoms with Gasteiger partial charge in [-0.25, -0.2) is 0 Å². The van der Waals surface area contributed by atoms with Gasteiger partial charge in [0.2, 0.25) is 0 Å². The van der Waals surface area contributed by atoms with Gasteiger partial charge in [0.15, 0.2) is 0 Å². The molecule has 1 saturated carbocycles. The molecule has 0 heteroatoms. The summed E-state index contributed by atoms with van der Waals surface area (Å²) in [6.45, 7) is 12.2. The highest BCUT2D eigenvalue weighted by Gasteiger charge is 2.24. The molecular formula is C16H20.